The van der Waals surface area contributed by atoms with Gasteiger partial charge in [0.1, 0.15) is 5.69 Å². The van der Waals surface area contributed by atoms with Gasteiger partial charge in [0.05, 0.1) is 16.3 Å². The highest BCUT2D eigenvalue weighted by atomic mass is 79.9. The van der Waals surface area contributed by atoms with Gasteiger partial charge in [-0.2, -0.15) is 0 Å². The Kier molecular flexibility index (Phi) is 5.58. The molecule has 0 atom stereocenters. The van der Waals surface area contributed by atoms with Crippen molar-refractivity contribution in [3.8, 4) is 0 Å². The van der Waals surface area contributed by atoms with E-state index in [4.69, 9.17) is 4.74 Å². The summed E-state index contributed by atoms with van der Waals surface area (Å²) in [6.07, 6.45) is 2.94. The average molecular weight is 368 g/mol. The van der Waals surface area contributed by atoms with Crippen LogP contribution < -0.4 is 5.32 Å². The number of aryl methyl sites for hydroxylation is 2. The third-order valence-corrected chi connectivity index (χ3v) is 3.84. The molecule has 120 valence electrons. The number of hydrogen-bond acceptors (Lipinski definition) is 3. The first kappa shape index (κ1) is 17.0. The molecule has 5 nitrogen and oxygen atoms in total. The number of hydrogen-bond donors (Lipinski definition) is 1. The van der Waals surface area contributed by atoms with E-state index in [2.05, 4.69) is 26.2 Å². The Balaban J connectivity index is 2.10. The number of fused-ring (bicyclic) bond motifs is 1. The molecule has 0 spiro atoms. The van der Waals surface area contributed by atoms with Crippen molar-refractivity contribution >= 4 is 27.5 Å². The number of carbonyl (C=O) groups is 1. The molecule has 2 heterocycles. The van der Waals surface area contributed by atoms with Crippen LogP contribution in [-0.4, -0.2) is 34.5 Å². The molecule has 0 aliphatic heterocycles. The molecule has 2 rings (SSSR count). The van der Waals surface area contributed by atoms with E-state index in [1.807, 2.05) is 44.4 Å². The highest BCUT2D eigenvalue weighted by molar-refractivity contribution is 9.10. The second kappa shape index (κ2) is 7.24. The van der Waals surface area contributed by atoms with Gasteiger partial charge in [0, 0.05) is 19.3 Å². The van der Waals surface area contributed by atoms with E-state index in [1.54, 1.807) is 0 Å². The normalized spacial score (nSPS) is 11.4. The van der Waals surface area contributed by atoms with E-state index >= 15 is 0 Å². The number of imidazole rings is 1. The fourth-order valence-electron chi connectivity index (χ4n) is 2.30. The highest BCUT2D eigenvalue weighted by Crippen LogP contribution is 2.22. The lowest BCUT2D eigenvalue weighted by molar-refractivity contribution is 0.0756. The molecule has 1 N–H and O–H groups in total. The van der Waals surface area contributed by atoms with E-state index in [1.165, 1.54) is 0 Å². The summed E-state index contributed by atoms with van der Waals surface area (Å²) in [7, 11) is 0. The lowest BCUT2D eigenvalue weighted by Crippen LogP contribution is -2.27. The molecule has 0 bridgehead atoms. The van der Waals surface area contributed by atoms with Crippen LogP contribution in [0.2, 0.25) is 0 Å². The van der Waals surface area contributed by atoms with Crippen LogP contribution >= 0.6 is 15.9 Å². The van der Waals surface area contributed by atoms with Gasteiger partial charge in [-0.3, -0.25) is 9.20 Å². The number of carbonyl (C=O) groups excluding carboxylic acids is 1. The number of nitrogens with one attached hydrogen (secondary N) is 1. The van der Waals surface area contributed by atoms with Crippen LogP contribution in [-0.2, 0) is 4.74 Å². The zero-order chi connectivity index (χ0) is 16.3. The van der Waals surface area contributed by atoms with Crippen molar-refractivity contribution in [2.75, 3.05) is 13.2 Å². The van der Waals surface area contributed by atoms with Crippen molar-refractivity contribution in [2.45, 2.75) is 40.2 Å². The Labute approximate surface area is 139 Å². The molecule has 0 unspecified atom stereocenters. The fraction of sp³-hybridized carbons (Fsp3) is 0.500. The van der Waals surface area contributed by atoms with Gasteiger partial charge in [-0.1, -0.05) is 0 Å². The number of nitrogens with zero attached hydrogens (tertiary/aromatic N) is 2. The summed E-state index contributed by atoms with van der Waals surface area (Å²) in [6, 6.07) is 1.99. The van der Waals surface area contributed by atoms with Crippen molar-refractivity contribution in [1.29, 1.82) is 0 Å². The quantitative estimate of drug-likeness (QED) is 0.797. The minimum absolute atomic E-state index is 0.105. The van der Waals surface area contributed by atoms with Crippen molar-refractivity contribution < 1.29 is 9.53 Å². The van der Waals surface area contributed by atoms with Gasteiger partial charge in [0.2, 0.25) is 0 Å². The molecule has 22 heavy (non-hydrogen) atoms. The Morgan fingerprint density at radius 3 is 2.86 bits per heavy atom. The summed E-state index contributed by atoms with van der Waals surface area (Å²) in [5.74, 6) is -0.105. The predicted molar refractivity (Wildman–Crippen MR) is 90.4 cm³/mol. The monoisotopic (exact) mass is 367 g/mol. The second-order valence-electron chi connectivity index (χ2n) is 5.63. The molecule has 0 aliphatic rings. The maximum absolute atomic E-state index is 12.4. The first-order chi connectivity index (χ1) is 10.4. The number of amides is 1. The molecular formula is C16H22BrN3O2. The van der Waals surface area contributed by atoms with Crippen molar-refractivity contribution in [3.63, 3.8) is 0 Å². The van der Waals surface area contributed by atoms with Crippen LogP contribution in [0.25, 0.3) is 5.65 Å². The Hall–Kier alpha value is -1.40. The van der Waals surface area contributed by atoms with E-state index < -0.39 is 0 Å². The van der Waals surface area contributed by atoms with E-state index in [0.717, 1.165) is 27.8 Å². The van der Waals surface area contributed by atoms with Crippen molar-refractivity contribution in [2.24, 2.45) is 0 Å². The minimum Gasteiger partial charge on any atom is -0.379 e. The predicted octanol–water partition coefficient (Wildman–Crippen LogP) is 3.26. The number of aromatic nitrogens is 2. The van der Waals surface area contributed by atoms with Gasteiger partial charge in [-0.15, -0.1) is 0 Å². The zero-order valence-electron chi connectivity index (χ0n) is 13.4. The van der Waals surface area contributed by atoms with E-state index in [-0.39, 0.29) is 12.0 Å². The SMILES string of the molecule is Cc1cc(Br)c2nc(C)c(C(=O)NCCCOC(C)C)n2c1. The molecule has 0 saturated heterocycles. The lowest BCUT2D eigenvalue weighted by atomic mass is 10.3. The van der Waals surface area contributed by atoms with Gasteiger partial charge in [0.15, 0.2) is 5.65 Å². The smallest absolute Gasteiger partial charge is 0.270 e. The zero-order valence-corrected chi connectivity index (χ0v) is 15.0. The molecule has 6 heteroatoms. The Morgan fingerprint density at radius 1 is 1.45 bits per heavy atom. The van der Waals surface area contributed by atoms with Crippen LogP contribution in [0.5, 0.6) is 0 Å². The highest BCUT2D eigenvalue weighted by Gasteiger charge is 2.17. The first-order valence-electron chi connectivity index (χ1n) is 7.44. The fourth-order valence-corrected chi connectivity index (χ4v) is 2.94. The number of halogens is 1. The van der Waals surface area contributed by atoms with Gasteiger partial charge in [-0.05, 0) is 61.7 Å². The van der Waals surface area contributed by atoms with Gasteiger partial charge in [0.25, 0.3) is 5.91 Å². The first-order valence-corrected chi connectivity index (χ1v) is 8.24. The summed E-state index contributed by atoms with van der Waals surface area (Å²) in [6.45, 7) is 9.08. The Bertz CT molecular complexity index is 680. The van der Waals surface area contributed by atoms with Crippen LogP contribution in [0.1, 0.15) is 42.0 Å². The Morgan fingerprint density at radius 2 is 2.18 bits per heavy atom. The molecule has 2 aromatic rings. The summed E-state index contributed by atoms with van der Waals surface area (Å²) < 4.78 is 8.20. The van der Waals surface area contributed by atoms with Crippen LogP contribution in [0, 0.1) is 13.8 Å². The largest absolute Gasteiger partial charge is 0.379 e. The molecule has 2 aromatic heterocycles. The third kappa shape index (κ3) is 3.87. The summed E-state index contributed by atoms with van der Waals surface area (Å²) in [5.41, 5.74) is 3.14. The van der Waals surface area contributed by atoms with Gasteiger partial charge < -0.3 is 10.1 Å². The number of rotatable bonds is 6. The van der Waals surface area contributed by atoms with Crippen LogP contribution in [0.3, 0.4) is 0 Å². The summed E-state index contributed by atoms with van der Waals surface area (Å²) >= 11 is 3.50. The molecule has 0 fully saturated rings. The van der Waals surface area contributed by atoms with E-state index in [0.29, 0.717) is 18.8 Å². The standard InChI is InChI=1S/C16H22BrN3O2/c1-10(2)22-7-5-6-18-16(21)14-12(4)19-15-13(17)8-11(3)9-20(14)15/h8-10H,5-7H2,1-4H3,(H,18,21). The maximum Gasteiger partial charge on any atom is 0.270 e. The van der Waals surface area contributed by atoms with Crippen LogP contribution in [0.15, 0.2) is 16.7 Å². The second-order valence-corrected chi connectivity index (χ2v) is 6.49. The number of ether oxygens (including phenoxy) is 1. The number of pyridine rings is 1. The van der Waals surface area contributed by atoms with Crippen LogP contribution in [0.4, 0.5) is 0 Å². The molecule has 0 saturated carbocycles. The third-order valence-electron chi connectivity index (χ3n) is 3.26. The molecule has 0 aliphatic carbocycles. The maximum atomic E-state index is 12.4. The average Bonchev–Trinajstić information content (AvgIpc) is 2.74. The molecular weight excluding hydrogens is 346 g/mol. The van der Waals surface area contributed by atoms with E-state index in [9.17, 15) is 4.79 Å². The minimum atomic E-state index is -0.105. The molecule has 0 radical (unpaired) electrons. The van der Waals surface area contributed by atoms with Gasteiger partial charge >= 0.3 is 0 Å². The molecule has 0 aromatic carbocycles. The molecule has 1 amide bonds. The summed E-state index contributed by atoms with van der Waals surface area (Å²) in [5, 5.41) is 2.94. The topological polar surface area (TPSA) is 55.6 Å². The lowest BCUT2D eigenvalue weighted by Gasteiger charge is -2.09. The summed E-state index contributed by atoms with van der Waals surface area (Å²) in [4.78, 5) is 16.9. The van der Waals surface area contributed by atoms with Gasteiger partial charge in [-0.25, -0.2) is 4.98 Å². The van der Waals surface area contributed by atoms with Crippen molar-refractivity contribution in [3.05, 3.63) is 33.7 Å². The van der Waals surface area contributed by atoms with Crippen molar-refractivity contribution in [1.82, 2.24) is 14.7 Å².